The lowest BCUT2D eigenvalue weighted by Gasteiger charge is -2.22. The van der Waals surface area contributed by atoms with Crippen molar-refractivity contribution < 1.29 is 9.47 Å². The van der Waals surface area contributed by atoms with E-state index in [1.54, 1.807) is 11.3 Å². The van der Waals surface area contributed by atoms with Crippen LogP contribution in [-0.4, -0.2) is 6.61 Å². The van der Waals surface area contributed by atoms with Crippen molar-refractivity contribution in [1.29, 1.82) is 0 Å². The Morgan fingerprint density at radius 3 is 3.06 bits per heavy atom. The van der Waals surface area contributed by atoms with Crippen LogP contribution in [0.5, 0.6) is 5.75 Å². The summed E-state index contributed by atoms with van der Waals surface area (Å²) in [6.07, 6.45) is 4.32. The van der Waals surface area contributed by atoms with Gasteiger partial charge in [-0.05, 0) is 34.5 Å². The molecule has 2 nitrogen and oxygen atoms in total. The molecule has 0 fully saturated rings. The molecule has 2 atom stereocenters. The molecule has 0 saturated heterocycles. The summed E-state index contributed by atoms with van der Waals surface area (Å²) in [5.74, 6) is 0.938. The average molecular weight is 256 g/mol. The van der Waals surface area contributed by atoms with E-state index in [0.29, 0.717) is 6.61 Å². The van der Waals surface area contributed by atoms with Gasteiger partial charge in [-0.2, -0.15) is 11.3 Å². The van der Waals surface area contributed by atoms with Gasteiger partial charge in [0.2, 0.25) is 0 Å². The van der Waals surface area contributed by atoms with Gasteiger partial charge < -0.3 is 9.47 Å². The van der Waals surface area contributed by atoms with Gasteiger partial charge in [0.15, 0.2) is 0 Å². The van der Waals surface area contributed by atoms with Gasteiger partial charge >= 0.3 is 0 Å². The zero-order valence-electron chi connectivity index (χ0n) is 9.71. The zero-order chi connectivity index (χ0) is 12.0. The fourth-order valence-electron chi connectivity index (χ4n) is 2.60. The predicted octanol–water partition coefficient (Wildman–Crippen LogP) is 3.66. The molecule has 2 aliphatic rings. The molecule has 1 aromatic carbocycles. The molecule has 0 aliphatic carbocycles. The van der Waals surface area contributed by atoms with Crippen LogP contribution >= 0.6 is 11.3 Å². The normalized spacial score (nSPS) is 28.6. The number of hydrogen-bond donors (Lipinski definition) is 0. The highest BCUT2D eigenvalue weighted by atomic mass is 32.1. The van der Waals surface area contributed by atoms with E-state index < -0.39 is 0 Å². The van der Waals surface area contributed by atoms with Gasteiger partial charge in [-0.3, -0.25) is 0 Å². The van der Waals surface area contributed by atoms with Crippen LogP contribution in [0.2, 0.25) is 0 Å². The number of hydrogen-bond acceptors (Lipinski definition) is 3. The minimum absolute atomic E-state index is 0.0472. The SMILES string of the molecule is C1=C[C@@]2(COc3ccccc32)O[C@H]1c1ccsc1. The lowest BCUT2D eigenvalue weighted by molar-refractivity contribution is -0.0389. The Labute approximate surface area is 109 Å². The van der Waals surface area contributed by atoms with Crippen LogP contribution < -0.4 is 4.74 Å². The van der Waals surface area contributed by atoms with Crippen LogP contribution in [-0.2, 0) is 10.3 Å². The summed E-state index contributed by atoms with van der Waals surface area (Å²) in [6, 6.07) is 10.2. The Morgan fingerprint density at radius 1 is 1.22 bits per heavy atom. The van der Waals surface area contributed by atoms with Gasteiger partial charge in [-0.15, -0.1) is 0 Å². The van der Waals surface area contributed by atoms with Gasteiger partial charge in [0.1, 0.15) is 24.1 Å². The molecular formula is C15H12O2S. The molecule has 1 spiro atoms. The molecule has 3 heterocycles. The Bertz CT molecular complexity index is 603. The molecule has 1 aromatic heterocycles. The van der Waals surface area contributed by atoms with Crippen molar-refractivity contribution in [3.63, 3.8) is 0 Å². The molecule has 0 unspecified atom stereocenters. The van der Waals surface area contributed by atoms with Gasteiger partial charge in [-0.1, -0.05) is 24.3 Å². The monoisotopic (exact) mass is 256 g/mol. The summed E-state index contributed by atoms with van der Waals surface area (Å²) in [5, 5.41) is 4.21. The smallest absolute Gasteiger partial charge is 0.150 e. The predicted molar refractivity (Wildman–Crippen MR) is 70.9 cm³/mol. The average Bonchev–Trinajstić information content (AvgIpc) is 3.13. The van der Waals surface area contributed by atoms with E-state index >= 15 is 0 Å². The lowest BCUT2D eigenvalue weighted by atomic mass is 9.97. The summed E-state index contributed by atoms with van der Waals surface area (Å²) >= 11 is 1.70. The number of fused-ring (bicyclic) bond motifs is 2. The fourth-order valence-corrected chi connectivity index (χ4v) is 3.29. The van der Waals surface area contributed by atoms with Crippen molar-refractivity contribution in [2.24, 2.45) is 0 Å². The fraction of sp³-hybridized carbons (Fsp3) is 0.200. The third-order valence-corrected chi connectivity index (χ3v) is 4.24. The van der Waals surface area contributed by atoms with E-state index in [2.05, 4.69) is 35.0 Å². The molecule has 0 amide bonds. The van der Waals surface area contributed by atoms with Crippen molar-refractivity contribution in [2.75, 3.05) is 6.61 Å². The number of benzene rings is 1. The van der Waals surface area contributed by atoms with E-state index in [4.69, 9.17) is 9.47 Å². The lowest BCUT2D eigenvalue weighted by Crippen LogP contribution is -2.26. The first-order valence-corrected chi connectivity index (χ1v) is 6.93. The Hall–Kier alpha value is -1.58. The first kappa shape index (κ1) is 10.4. The van der Waals surface area contributed by atoms with Crippen molar-refractivity contribution in [3.8, 4) is 5.75 Å². The number of thiophene rings is 1. The maximum atomic E-state index is 6.25. The van der Waals surface area contributed by atoms with E-state index in [9.17, 15) is 0 Å². The first-order valence-electron chi connectivity index (χ1n) is 5.99. The third-order valence-electron chi connectivity index (χ3n) is 3.53. The molecule has 90 valence electrons. The highest BCUT2D eigenvalue weighted by Gasteiger charge is 2.44. The molecular weight excluding hydrogens is 244 g/mol. The summed E-state index contributed by atoms with van der Waals surface area (Å²) in [5.41, 5.74) is 1.97. The van der Waals surface area contributed by atoms with E-state index in [1.807, 2.05) is 18.2 Å². The first-order chi connectivity index (χ1) is 8.87. The van der Waals surface area contributed by atoms with Gasteiger partial charge in [0, 0.05) is 5.56 Å². The van der Waals surface area contributed by atoms with Crippen LogP contribution in [0.4, 0.5) is 0 Å². The zero-order valence-corrected chi connectivity index (χ0v) is 10.5. The highest BCUT2D eigenvalue weighted by Crippen LogP contribution is 2.47. The van der Waals surface area contributed by atoms with Crippen LogP contribution in [0.25, 0.3) is 0 Å². The molecule has 0 radical (unpaired) electrons. The van der Waals surface area contributed by atoms with E-state index in [1.165, 1.54) is 5.56 Å². The summed E-state index contributed by atoms with van der Waals surface area (Å²) in [4.78, 5) is 0. The summed E-state index contributed by atoms with van der Waals surface area (Å²) in [6.45, 7) is 0.573. The second-order valence-electron chi connectivity index (χ2n) is 4.63. The Kier molecular flexibility index (Phi) is 2.13. The number of rotatable bonds is 1. The van der Waals surface area contributed by atoms with Gasteiger partial charge in [0.05, 0.1) is 0 Å². The second kappa shape index (κ2) is 3.70. The molecule has 18 heavy (non-hydrogen) atoms. The van der Waals surface area contributed by atoms with Gasteiger partial charge in [0.25, 0.3) is 0 Å². The standard InChI is InChI=1S/C15H12O2S/c1-2-4-14-12(3-1)15(10-16-14)7-5-13(17-15)11-6-8-18-9-11/h1-9,13H,10H2/t13-,15+/m1/s1. The van der Waals surface area contributed by atoms with Crippen LogP contribution in [0, 0.1) is 0 Å². The van der Waals surface area contributed by atoms with Crippen LogP contribution in [0.3, 0.4) is 0 Å². The Morgan fingerprint density at radius 2 is 2.17 bits per heavy atom. The molecule has 0 bridgehead atoms. The van der Waals surface area contributed by atoms with Crippen LogP contribution in [0.1, 0.15) is 17.2 Å². The molecule has 2 aliphatic heterocycles. The topological polar surface area (TPSA) is 18.5 Å². The quantitative estimate of drug-likeness (QED) is 0.725. The summed E-state index contributed by atoms with van der Waals surface area (Å²) in [7, 11) is 0. The largest absolute Gasteiger partial charge is 0.489 e. The molecule has 2 aromatic rings. The van der Waals surface area contributed by atoms with Crippen molar-refractivity contribution in [3.05, 3.63) is 64.4 Å². The maximum Gasteiger partial charge on any atom is 0.150 e. The maximum absolute atomic E-state index is 6.25. The molecule has 0 saturated carbocycles. The van der Waals surface area contributed by atoms with Crippen molar-refractivity contribution in [2.45, 2.75) is 11.7 Å². The number of ether oxygens (including phenoxy) is 2. The molecule has 0 N–H and O–H groups in total. The van der Waals surface area contributed by atoms with E-state index in [0.717, 1.165) is 11.3 Å². The minimum Gasteiger partial charge on any atom is -0.489 e. The second-order valence-corrected chi connectivity index (χ2v) is 5.41. The minimum atomic E-state index is -0.386. The highest BCUT2D eigenvalue weighted by molar-refractivity contribution is 7.07. The third kappa shape index (κ3) is 1.38. The van der Waals surface area contributed by atoms with E-state index in [-0.39, 0.29) is 11.7 Å². The van der Waals surface area contributed by atoms with Crippen molar-refractivity contribution in [1.82, 2.24) is 0 Å². The number of para-hydroxylation sites is 1. The summed E-state index contributed by atoms with van der Waals surface area (Å²) < 4.78 is 12.0. The molecule has 4 rings (SSSR count). The van der Waals surface area contributed by atoms with Gasteiger partial charge in [-0.25, -0.2) is 0 Å². The van der Waals surface area contributed by atoms with Crippen molar-refractivity contribution >= 4 is 11.3 Å². The molecule has 3 heteroatoms. The Balaban J connectivity index is 1.71. The van der Waals surface area contributed by atoms with Crippen LogP contribution in [0.15, 0.2) is 53.2 Å².